The Morgan fingerprint density at radius 2 is 1.65 bits per heavy atom. The van der Waals surface area contributed by atoms with Crippen LogP contribution in [0.3, 0.4) is 0 Å². The van der Waals surface area contributed by atoms with Crippen LogP contribution in [0.4, 0.5) is 0 Å². The fourth-order valence-corrected chi connectivity index (χ4v) is 5.60. The molecule has 3 aromatic heterocycles. The van der Waals surface area contributed by atoms with Gasteiger partial charge in [0.1, 0.15) is 34.7 Å². The molecule has 0 amide bonds. The minimum absolute atomic E-state index is 0.136. The lowest BCUT2D eigenvalue weighted by Crippen LogP contribution is -2.30. The summed E-state index contributed by atoms with van der Waals surface area (Å²) in [6.45, 7) is 5.63. The molecule has 0 spiro atoms. The first-order chi connectivity index (χ1) is 19.2. The highest BCUT2D eigenvalue weighted by atomic mass is 32.2. The molecular formula is C27H32N6O6S. The SMILES string of the molecule is CCOc1cccc(OC)c1-n1c(CS(=O)(=O)C(C)C(OC)c2ncc(C)cn2)nnc1-c1cccc(OC)n1. The Balaban J connectivity index is 1.86. The van der Waals surface area contributed by atoms with Crippen molar-refractivity contribution in [1.29, 1.82) is 0 Å². The number of rotatable bonds is 12. The van der Waals surface area contributed by atoms with Crippen LogP contribution in [0.25, 0.3) is 17.2 Å². The van der Waals surface area contributed by atoms with Crippen LogP contribution in [-0.4, -0.2) is 71.3 Å². The lowest BCUT2D eigenvalue weighted by molar-refractivity contribution is 0.0947. The number of hydrogen-bond donors (Lipinski definition) is 0. The monoisotopic (exact) mass is 568 g/mol. The zero-order valence-corrected chi connectivity index (χ0v) is 24.0. The minimum Gasteiger partial charge on any atom is -0.494 e. The predicted molar refractivity (Wildman–Crippen MR) is 147 cm³/mol. The van der Waals surface area contributed by atoms with Gasteiger partial charge in [0.05, 0.1) is 26.1 Å². The molecule has 13 heteroatoms. The van der Waals surface area contributed by atoms with E-state index in [0.29, 0.717) is 35.4 Å². The third-order valence-electron chi connectivity index (χ3n) is 6.23. The van der Waals surface area contributed by atoms with Crippen LogP contribution in [0.15, 0.2) is 48.8 Å². The second-order valence-electron chi connectivity index (χ2n) is 8.87. The van der Waals surface area contributed by atoms with E-state index in [4.69, 9.17) is 18.9 Å². The molecule has 0 aliphatic rings. The number of pyridine rings is 1. The Hall–Kier alpha value is -4.10. The van der Waals surface area contributed by atoms with Crippen LogP contribution in [0, 0.1) is 6.92 Å². The van der Waals surface area contributed by atoms with Crippen LogP contribution >= 0.6 is 0 Å². The minimum atomic E-state index is -3.89. The fraction of sp³-hybridized carbons (Fsp3) is 0.370. The third kappa shape index (κ3) is 5.89. The van der Waals surface area contributed by atoms with E-state index in [0.717, 1.165) is 5.56 Å². The number of aromatic nitrogens is 6. The van der Waals surface area contributed by atoms with E-state index in [2.05, 4.69) is 25.1 Å². The lowest BCUT2D eigenvalue weighted by Gasteiger charge is -2.22. The molecule has 4 rings (SSSR count). The van der Waals surface area contributed by atoms with Crippen LogP contribution in [-0.2, 0) is 20.3 Å². The van der Waals surface area contributed by atoms with Crippen molar-refractivity contribution >= 4 is 9.84 Å². The molecule has 4 aromatic rings. The van der Waals surface area contributed by atoms with Gasteiger partial charge in [-0.05, 0) is 44.5 Å². The van der Waals surface area contributed by atoms with Crippen molar-refractivity contribution < 1.29 is 27.4 Å². The highest BCUT2D eigenvalue weighted by Gasteiger charge is 2.35. The molecule has 0 saturated carbocycles. The van der Waals surface area contributed by atoms with Crippen molar-refractivity contribution in [2.45, 2.75) is 37.9 Å². The van der Waals surface area contributed by atoms with Crippen LogP contribution in [0.2, 0.25) is 0 Å². The number of aryl methyl sites for hydroxylation is 1. The fourth-order valence-electron chi connectivity index (χ4n) is 4.18. The first-order valence-corrected chi connectivity index (χ1v) is 14.2. The normalized spacial score (nSPS) is 13.1. The Bertz CT molecular complexity index is 1560. The Morgan fingerprint density at radius 3 is 2.30 bits per heavy atom. The maximum Gasteiger partial charge on any atom is 0.213 e. The molecule has 0 aliphatic carbocycles. The van der Waals surface area contributed by atoms with Gasteiger partial charge >= 0.3 is 0 Å². The van der Waals surface area contributed by atoms with Crippen molar-refractivity contribution in [3.05, 3.63) is 66.0 Å². The summed E-state index contributed by atoms with van der Waals surface area (Å²) in [4.78, 5) is 13.1. The van der Waals surface area contributed by atoms with E-state index < -0.39 is 26.9 Å². The van der Waals surface area contributed by atoms with E-state index in [1.165, 1.54) is 21.3 Å². The van der Waals surface area contributed by atoms with Gasteiger partial charge in [-0.1, -0.05) is 12.1 Å². The second-order valence-corrected chi connectivity index (χ2v) is 11.2. The predicted octanol–water partition coefficient (Wildman–Crippen LogP) is 3.53. The second kappa shape index (κ2) is 12.4. The maximum atomic E-state index is 13.8. The van der Waals surface area contributed by atoms with Gasteiger partial charge in [-0.25, -0.2) is 23.4 Å². The number of hydrogen-bond acceptors (Lipinski definition) is 11. The molecule has 40 heavy (non-hydrogen) atoms. The average Bonchev–Trinajstić information content (AvgIpc) is 3.36. The van der Waals surface area contributed by atoms with Gasteiger partial charge in [0.2, 0.25) is 5.88 Å². The van der Waals surface area contributed by atoms with Gasteiger partial charge in [0.15, 0.2) is 27.3 Å². The molecular weight excluding hydrogens is 536 g/mol. The van der Waals surface area contributed by atoms with Crippen molar-refractivity contribution in [2.24, 2.45) is 0 Å². The number of nitrogens with zero attached hydrogens (tertiary/aromatic N) is 6. The first-order valence-electron chi connectivity index (χ1n) is 12.5. The van der Waals surface area contributed by atoms with Crippen LogP contribution in [0.1, 0.15) is 37.2 Å². The summed E-state index contributed by atoms with van der Waals surface area (Å²) in [5.74, 6) is 1.48. The summed E-state index contributed by atoms with van der Waals surface area (Å²) < 4.78 is 51.7. The van der Waals surface area contributed by atoms with E-state index in [9.17, 15) is 8.42 Å². The number of sulfone groups is 1. The van der Waals surface area contributed by atoms with Gasteiger partial charge in [-0.2, -0.15) is 0 Å². The molecule has 0 fully saturated rings. The summed E-state index contributed by atoms with van der Waals surface area (Å²) in [5.41, 5.74) is 1.71. The largest absolute Gasteiger partial charge is 0.494 e. The van der Waals surface area contributed by atoms with Crippen molar-refractivity contribution in [3.63, 3.8) is 0 Å². The molecule has 0 N–H and O–H groups in total. The summed E-state index contributed by atoms with van der Waals surface area (Å²) in [6.07, 6.45) is 2.34. The molecule has 3 heterocycles. The Labute approximate surface area is 233 Å². The third-order valence-corrected chi connectivity index (χ3v) is 8.27. The summed E-state index contributed by atoms with van der Waals surface area (Å²) in [7, 11) is 0.561. The summed E-state index contributed by atoms with van der Waals surface area (Å²) in [6, 6.07) is 10.5. The molecule has 0 saturated heterocycles. The maximum absolute atomic E-state index is 13.8. The number of para-hydroxylation sites is 1. The van der Waals surface area contributed by atoms with Gasteiger partial charge in [-0.15, -0.1) is 10.2 Å². The Kier molecular flexibility index (Phi) is 8.95. The summed E-state index contributed by atoms with van der Waals surface area (Å²) >= 11 is 0. The molecule has 0 radical (unpaired) electrons. The van der Waals surface area contributed by atoms with E-state index in [1.807, 2.05) is 13.8 Å². The number of benzene rings is 1. The highest BCUT2D eigenvalue weighted by Crippen LogP contribution is 2.37. The standard InChI is InChI=1S/C27H32N6O6S/c1-7-39-21-12-9-11-20(36-4)24(21)33-22(31-32-27(33)19-10-8-13-23(30-19)37-5)16-40(34,35)18(3)25(38-6)26-28-14-17(2)15-29-26/h8-15,18,25H,7,16H2,1-6H3. The zero-order chi connectivity index (χ0) is 28.9. The number of methoxy groups -OCH3 is 3. The molecule has 12 nitrogen and oxygen atoms in total. The van der Waals surface area contributed by atoms with E-state index >= 15 is 0 Å². The van der Waals surface area contributed by atoms with Gasteiger partial charge in [-0.3, -0.25) is 4.57 Å². The topological polar surface area (TPSA) is 140 Å². The molecule has 0 aliphatic heterocycles. The van der Waals surface area contributed by atoms with Crippen LogP contribution < -0.4 is 14.2 Å². The average molecular weight is 569 g/mol. The zero-order valence-electron chi connectivity index (χ0n) is 23.2. The smallest absolute Gasteiger partial charge is 0.213 e. The quantitative estimate of drug-likeness (QED) is 0.248. The summed E-state index contributed by atoms with van der Waals surface area (Å²) in [5, 5.41) is 7.66. The van der Waals surface area contributed by atoms with E-state index in [1.54, 1.807) is 60.3 Å². The molecule has 2 atom stereocenters. The molecule has 1 aromatic carbocycles. The van der Waals surface area contributed by atoms with Gasteiger partial charge < -0.3 is 18.9 Å². The number of ether oxygens (including phenoxy) is 4. The molecule has 0 bridgehead atoms. The highest BCUT2D eigenvalue weighted by molar-refractivity contribution is 7.91. The van der Waals surface area contributed by atoms with Crippen molar-refractivity contribution in [1.82, 2.24) is 29.7 Å². The first kappa shape index (κ1) is 28.9. The van der Waals surface area contributed by atoms with Gasteiger partial charge in [0, 0.05) is 25.6 Å². The van der Waals surface area contributed by atoms with Crippen molar-refractivity contribution in [3.8, 4) is 34.6 Å². The van der Waals surface area contributed by atoms with Crippen LogP contribution in [0.5, 0.6) is 17.4 Å². The van der Waals surface area contributed by atoms with E-state index in [-0.39, 0.29) is 17.5 Å². The van der Waals surface area contributed by atoms with Crippen molar-refractivity contribution in [2.75, 3.05) is 27.9 Å². The molecule has 212 valence electrons. The Morgan fingerprint density at radius 1 is 0.950 bits per heavy atom. The molecule has 2 unspecified atom stereocenters. The van der Waals surface area contributed by atoms with Gasteiger partial charge in [0.25, 0.3) is 0 Å². The lowest BCUT2D eigenvalue weighted by atomic mass is 10.2.